The minimum Gasteiger partial charge on any atom is -0.388 e. The number of likely N-dealkylation sites (N-methyl/N-ethyl adjacent to an activating group) is 1. The van der Waals surface area contributed by atoms with Gasteiger partial charge in [0, 0.05) is 12.7 Å². The fourth-order valence-corrected chi connectivity index (χ4v) is 1.18. The van der Waals surface area contributed by atoms with Crippen LogP contribution in [0.25, 0.3) is 0 Å². The van der Waals surface area contributed by atoms with E-state index in [4.69, 9.17) is 5.26 Å². The molecule has 0 fully saturated rings. The lowest BCUT2D eigenvalue weighted by Gasteiger charge is -2.10. The molecule has 0 saturated heterocycles. The predicted molar refractivity (Wildman–Crippen MR) is 44.7 cm³/mol. The van der Waals surface area contributed by atoms with Crippen molar-refractivity contribution in [2.45, 2.75) is 19.3 Å². The third-order valence-corrected chi connectivity index (χ3v) is 1.78. The maximum absolute atomic E-state index is 8.45. The lowest BCUT2D eigenvalue weighted by Crippen LogP contribution is -2.06. The van der Waals surface area contributed by atoms with Crippen molar-refractivity contribution in [1.82, 2.24) is 5.32 Å². The molecule has 0 aliphatic heterocycles. The van der Waals surface area contributed by atoms with Crippen molar-refractivity contribution in [3.63, 3.8) is 0 Å². The largest absolute Gasteiger partial charge is 0.388 e. The number of rotatable bonds is 2. The van der Waals surface area contributed by atoms with Crippen molar-refractivity contribution in [1.29, 1.82) is 5.26 Å². The van der Waals surface area contributed by atoms with E-state index in [1.165, 1.54) is 5.57 Å². The van der Waals surface area contributed by atoms with Gasteiger partial charge in [0.1, 0.15) is 0 Å². The van der Waals surface area contributed by atoms with Gasteiger partial charge in [0.05, 0.1) is 12.5 Å². The van der Waals surface area contributed by atoms with Crippen molar-refractivity contribution in [2.24, 2.45) is 0 Å². The van der Waals surface area contributed by atoms with Crippen molar-refractivity contribution in [3.05, 3.63) is 23.4 Å². The van der Waals surface area contributed by atoms with Gasteiger partial charge in [-0.2, -0.15) is 5.26 Å². The van der Waals surface area contributed by atoms with Crippen LogP contribution in [0.3, 0.4) is 0 Å². The molecule has 0 radical (unpaired) electrons. The highest BCUT2D eigenvalue weighted by Crippen LogP contribution is 2.17. The molecule has 58 valence electrons. The molecule has 0 bridgehead atoms. The fourth-order valence-electron chi connectivity index (χ4n) is 1.18. The number of allylic oxidation sites excluding steroid dienone is 3. The van der Waals surface area contributed by atoms with E-state index in [0.717, 1.165) is 18.5 Å². The molecule has 0 saturated carbocycles. The Morgan fingerprint density at radius 3 is 3.18 bits per heavy atom. The molecule has 0 aromatic heterocycles. The summed E-state index contributed by atoms with van der Waals surface area (Å²) in [6.07, 6.45) is 6.88. The predicted octanol–water partition coefficient (Wildman–Crippen LogP) is 1.72. The van der Waals surface area contributed by atoms with E-state index in [-0.39, 0.29) is 0 Å². The maximum atomic E-state index is 8.45. The van der Waals surface area contributed by atoms with Crippen LogP contribution in [-0.4, -0.2) is 7.05 Å². The molecule has 1 N–H and O–H groups in total. The Balaban J connectivity index is 2.62. The zero-order chi connectivity index (χ0) is 8.10. The Morgan fingerprint density at radius 1 is 1.73 bits per heavy atom. The van der Waals surface area contributed by atoms with Gasteiger partial charge in [0.25, 0.3) is 0 Å². The van der Waals surface area contributed by atoms with Crippen LogP contribution in [0.15, 0.2) is 23.4 Å². The molecule has 0 heterocycles. The van der Waals surface area contributed by atoms with E-state index in [1.54, 1.807) is 0 Å². The van der Waals surface area contributed by atoms with Gasteiger partial charge in [0.2, 0.25) is 0 Å². The third-order valence-electron chi connectivity index (χ3n) is 1.78. The summed E-state index contributed by atoms with van der Waals surface area (Å²) in [6, 6.07) is 2.16. The van der Waals surface area contributed by atoms with Gasteiger partial charge in [-0.05, 0) is 18.9 Å². The minimum atomic E-state index is 0.568. The maximum Gasteiger partial charge on any atom is 0.0666 e. The summed E-state index contributed by atoms with van der Waals surface area (Å²) in [6.45, 7) is 0. The van der Waals surface area contributed by atoms with E-state index in [2.05, 4.69) is 23.5 Å². The second-order valence-electron chi connectivity index (χ2n) is 2.59. The van der Waals surface area contributed by atoms with Crippen LogP contribution in [0, 0.1) is 11.3 Å². The first-order chi connectivity index (χ1) is 5.36. The number of nitrogens with one attached hydrogen (secondary N) is 1. The molecule has 2 nitrogen and oxygen atoms in total. The summed E-state index contributed by atoms with van der Waals surface area (Å²) in [5, 5.41) is 11.5. The van der Waals surface area contributed by atoms with E-state index in [9.17, 15) is 0 Å². The molecule has 1 aliphatic rings. The highest BCUT2D eigenvalue weighted by Gasteiger charge is 2.02. The average molecular weight is 148 g/mol. The minimum absolute atomic E-state index is 0.568. The smallest absolute Gasteiger partial charge is 0.0666 e. The second kappa shape index (κ2) is 3.82. The van der Waals surface area contributed by atoms with Gasteiger partial charge in [-0.25, -0.2) is 0 Å². The van der Waals surface area contributed by atoms with Crippen LogP contribution in [-0.2, 0) is 0 Å². The first-order valence-corrected chi connectivity index (χ1v) is 3.81. The zero-order valence-corrected chi connectivity index (χ0v) is 6.72. The monoisotopic (exact) mass is 148 g/mol. The van der Waals surface area contributed by atoms with E-state index < -0.39 is 0 Å². The highest BCUT2D eigenvalue weighted by molar-refractivity contribution is 5.27. The number of hydrogen-bond donors (Lipinski definition) is 1. The number of nitrogens with zero attached hydrogens (tertiary/aromatic N) is 1. The molecule has 0 aromatic rings. The van der Waals surface area contributed by atoms with Gasteiger partial charge < -0.3 is 5.32 Å². The summed E-state index contributed by atoms with van der Waals surface area (Å²) in [5.74, 6) is 0. The topological polar surface area (TPSA) is 35.8 Å². The number of nitriles is 1. The van der Waals surface area contributed by atoms with Crippen LogP contribution in [0.2, 0.25) is 0 Å². The van der Waals surface area contributed by atoms with Gasteiger partial charge in [-0.3, -0.25) is 0 Å². The molecule has 0 unspecified atom stereocenters. The average Bonchev–Trinajstić information content (AvgIpc) is 2.06. The molecule has 2 heteroatoms. The zero-order valence-electron chi connectivity index (χ0n) is 6.72. The molecule has 0 aromatic carbocycles. The van der Waals surface area contributed by atoms with Gasteiger partial charge in [-0.15, -0.1) is 0 Å². The first-order valence-electron chi connectivity index (χ1n) is 3.81. The Hall–Kier alpha value is -1.23. The first kappa shape index (κ1) is 7.87. The lowest BCUT2D eigenvalue weighted by atomic mass is 10.0. The molecule has 1 aliphatic carbocycles. The van der Waals surface area contributed by atoms with E-state index in [0.29, 0.717) is 6.42 Å². The van der Waals surface area contributed by atoms with Gasteiger partial charge in [0.15, 0.2) is 0 Å². The Labute approximate surface area is 67.2 Å². The molecule has 0 amide bonds. The van der Waals surface area contributed by atoms with Crippen molar-refractivity contribution in [3.8, 4) is 6.07 Å². The SMILES string of the molecule is CNC1=CCCC(CC#N)=C1. The van der Waals surface area contributed by atoms with Crippen LogP contribution in [0.1, 0.15) is 19.3 Å². The molecular weight excluding hydrogens is 136 g/mol. The van der Waals surface area contributed by atoms with E-state index >= 15 is 0 Å². The van der Waals surface area contributed by atoms with Crippen molar-refractivity contribution < 1.29 is 0 Å². The molecule has 0 spiro atoms. The van der Waals surface area contributed by atoms with Gasteiger partial charge in [-0.1, -0.05) is 11.6 Å². The quantitative estimate of drug-likeness (QED) is 0.647. The second-order valence-corrected chi connectivity index (χ2v) is 2.59. The molecule has 1 rings (SSSR count). The Morgan fingerprint density at radius 2 is 2.55 bits per heavy atom. The summed E-state index contributed by atoms with van der Waals surface area (Å²) < 4.78 is 0. The fraction of sp³-hybridized carbons (Fsp3) is 0.444. The van der Waals surface area contributed by atoms with E-state index in [1.807, 2.05) is 7.05 Å². The van der Waals surface area contributed by atoms with Crippen LogP contribution >= 0.6 is 0 Å². The molecule has 11 heavy (non-hydrogen) atoms. The van der Waals surface area contributed by atoms with Crippen molar-refractivity contribution >= 4 is 0 Å². The summed E-state index contributed by atoms with van der Waals surface area (Å²) in [7, 11) is 1.90. The lowest BCUT2D eigenvalue weighted by molar-refractivity contribution is 0.877. The third kappa shape index (κ3) is 2.12. The highest BCUT2D eigenvalue weighted by atomic mass is 14.8. The number of hydrogen-bond acceptors (Lipinski definition) is 2. The summed E-state index contributed by atoms with van der Waals surface area (Å²) >= 11 is 0. The van der Waals surface area contributed by atoms with Crippen LogP contribution < -0.4 is 5.32 Å². The standard InChI is InChI=1S/C9H12N2/c1-11-9-4-2-3-8(7-9)5-6-10/h4,7,11H,2-3,5H2,1H3. The molecule has 0 atom stereocenters. The van der Waals surface area contributed by atoms with Crippen molar-refractivity contribution in [2.75, 3.05) is 7.05 Å². The van der Waals surface area contributed by atoms with Crippen LogP contribution in [0.4, 0.5) is 0 Å². The van der Waals surface area contributed by atoms with Gasteiger partial charge >= 0.3 is 0 Å². The summed E-state index contributed by atoms with van der Waals surface area (Å²) in [4.78, 5) is 0. The normalized spacial score (nSPS) is 16.4. The Bertz CT molecular complexity index is 230. The van der Waals surface area contributed by atoms with Crippen LogP contribution in [0.5, 0.6) is 0 Å². The summed E-state index contributed by atoms with van der Waals surface area (Å²) in [5.41, 5.74) is 2.38. The molecular formula is C9H12N2. The Kier molecular flexibility index (Phi) is 2.74.